The molecule has 2 amide bonds. The van der Waals surface area contributed by atoms with E-state index in [0.29, 0.717) is 26.1 Å². The molecule has 1 rings (SSSR count). The van der Waals surface area contributed by atoms with Gasteiger partial charge in [-0.15, -0.1) is 0 Å². The summed E-state index contributed by atoms with van der Waals surface area (Å²) in [6.07, 6.45) is 1.37. The summed E-state index contributed by atoms with van der Waals surface area (Å²) in [6, 6.07) is 0.171. The fourth-order valence-corrected chi connectivity index (χ4v) is 2.15. The van der Waals surface area contributed by atoms with Gasteiger partial charge in [-0.25, -0.2) is 0 Å². The van der Waals surface area contributed by atoms with Gasteiger partial charge >= 0.3 is 0 Å². The summed E-state index contributed by atoms with van der Waals surface area (Å²) < 4.78 is 5.40. The second-order valence-electron chi connectivity index (χ2n) is 5.61. The predicted molar refractivity (Wildman–Crippen MR) is 73.7 cm³/mol. The lowest BCUT2D eigenvalue weighted by Gasteiger charge is -2.20. The van der Waals surface area contributed by atoms with Crippen molar-refractivity contribution in [2.24, 2.45) is 5.92 Å². The van der Waals surface area contributed by atoms with Crippen LogP contribution in [0.1, 0.15) is 40.5 Å². The monoisotopic (exact) mass is 270 g/mol. The van der Waals surface area contributed by atoms with Crippen molar-refractivity contribution < 1.29 is 14.3 Å². The highest BCUT2D eigenvalue weighted by molar-refractivity contribution is 5.89. The molecule has 0 unspecified atom stereocenters. The number of carbonyl (C=O) groups excluding carboxylic acids is 2. The van der Waals surface area contributed by atoms with Crippen LogP contribution in [-0.2, 0) is 14.3 Å². The van der Waals surface area contributed by atoms with Crippen molar-refractivity contribution in [3.05, 3.63) is 0 Å². The van der Waals surface area contributed by atoms with Crippen molar-refractivity contribution in [2.45, 2.75) is 52.7 Å². The molecule has 0 radical (unpaired) electrons. The Bertz CT molecular complexity index is 316. The Kier molecular flexibility index (Phi) is 6.28. The molecule has 1 N–H and O–H groups in total. The van der Waals surface area contributed by atoms with Crippen LogP contribution in [0.2, 0.25) is 0 Å². The Balaban J connectivity index is 2.22. The SMILES string of the molecule is CC(C)OCCCNC(=O)[C@@H]1CC(=O)N(C(C)C)C1. The third-order valence-corrected chi connectivity index (χ3v) is 3.22. The molecule has 0 aromatic rings. The molecule has 1 atom stereocenters. The molecule has 110 valence electrons. The highest BCUT2D eigenvalue weighted by Crippen LogP contribution is 2.20. The van der Waals surface area contributed by atoms with Gasteiger partial charge in [0.2, 0.25) is 11.8 Å². The van der Waals surface area contributed by atoms with Gasteiger partial charge in [-0.2, -0.15) is 0 Å². The first kappa shape index (κ1) is 16.0. The zero-order valence-corrected chi connectivity index (χ0v) is 12.4. The zero-order chi connectivity index (χ0) is 14.4. The fourth-order valence-electron chi connectivity index (χ4n) is 2.15. The quantitative estimate of drug-likeness (QED) is 0.707. The van der Waals surface area contributed by atoms with Crippen molar-refractivity contribution in [3.8, 4) is 0 Å². The van der Waals surface area contributed by atoms with Crippen LogP contribution in [0.25, 0.3) is 0 Å². The first-order valence-electron chi connectivity index (χ1n) is 7.10. The van der Waals surface area contributed by atoms with Gasteiger partial charge in [0.05, 0.1) is 12.0 Å². The zero-order valence-electron chi connectivity index (χ0n) is 12.4. The van der Waals surface area contributed by atoms with Crippen LogP contribution in [0, 0.1) is 5.92 Å². The summed E-state index contributed by atoms with van der Waals surface area (Å²) in [4.78, 5) is 25.4. The molecular formula is C14H26N2O3. The maximum absolute atomic E-state index is 11.9. The molecular weight excluding hydrogens is 244 g/mol. The van der Waals surface area contributed by atoms with Crippen LogP contribution in [0.15, 0.2) is 0 Å². The Labute approximate surface area is 115 Å². The number of amides is 2. The van der Waals surface area contributed by atoms with E-state index in [-0.39, 0.29) is 29.9 Å². The molecule has 0 spiro atoms. The van der Waals surface area contributed by atoms with E-state index in [1.54, 1.807) is 4.90 Å². The largest absolute Gasteiger partial charge is 0.379 e. The lowest BCUT2D eigenvalue weighted by Crippen LogP contribution is -2.36. The second-order valence-corrected chi connectivity index (χ2v) is 5.61. The molecule has 0 aromatic heterocycles. The number of nitrogens with one attached hydrogen (secondary N) is 1. The van der Waals surface area contributed by atoms with E-state index in [1.807, 2.05) is 27.7 Å². The molecule has 1 aliphatic rings. The fraction of sp³-hybridized carbons (Fsp3) is 0.857. The number of ether oxygens (including phenoxy) is 1. The standard InChI is InChI=1S/C14H26N2O3/c1-10(2)16-9-12(8-13(16)17)14(18)15-6-5-7-19-11(3)4/h10-12H,5-9H2,1-4H3,(H,15,18)/t12-/m1/s1. The molecule has 0 aromatic carbocycles. The van der Waals surface area contributed by atoms with Crippen molar-refractivity contribution in [2.75, 3.05) is 19.7 Å². The number of hydrogen-bond donors (Lipinski definition) is 1. The van der Waals surface area contributed by atoms with Gasteiger partial charge in [0.1, 0.15) is 0 Å². The van der Waals surface area contributed by atoms with E-state index in [9.17, 15) is 9.59 Å². The van der Waals surface area contributed by atoms with E-state index in [1.165, 1.54) is 0 Å². The Hall–Kier alpha value is -1.10. The van der Waals surface area contributed by atoms with Gasteiger partial charge < -0.3 is 15.0 Å². The van der Waals surface area contributed by atoms with Gasteiger partial charge in [-0.3, -0.25) is 9.59 Å². The van der Waals surface area contributed by atoms with Crippen LogP contribution in [0.5, 0.6) is 0 Å². The lowest BCUT2D eigenvalue weighted by atomic mass is 10.1. The van der Waals surface area contributed by atoms with Gasteiger partial charge in [-0.05, 0) is 34.1 Å². The van der Waals surface area contributed by atoms with Crippen LogP contribution in [0.3, 0.4) is 0 Å². The van der Waals surface area contributed by atoms with Crippen molar-refractivity contribution in [3.63, 3.8) is 0 Å². The third kappa shape index (κ3) is 5.19. The van der Waals surface area contributed by atoms with E-state index >= 15 is 0 Å². The van der Waals surface area contributed by atoms with Crippen LogP contribution < -0.4 is 5.32 Å². The number of carbonyl (C=O) groups is 2. The highest BCUT2D eigenvalue weighted by Gasteiger charge is 2.35. The summed E-state index contributed by atoms with van der Waals surface area (Å²) in [5, 5.41) is 2.88. The number of likely N-dealkylation sites (tertiary alicyclic amines) is 1. The molecule has 1 fully saturated rings. The van der Waals surface area contributed by atoms with Gasteiger partial charge in [0.15, 0.2) is 0 Å². The van der Waals surface area contributed by atoms with E-state index in [0.717, 1.165) is 6.42 Å². The van der Waals surface area contributed by atoms with Crippen molar-refractivity contribution >= 4 is 11.8 Å². The minimum absolute atomic E-state index is 0.0129. The van der Waals surface area contributed by atoms with Crippen LogP contribution in [-0.4, -0.2) is 48.6 Å². The molecule has 1 aliphatic heterocycles. The van der Waals surface area contributed by atoms with Gasteiger partial charge in [-0.1, -0.05) is 0 Å². The third-order valence-electron chi connectivity index (χ3n) is 3.22. The summed E-state index contributed by atoms with van der Waals surface area (Å²) in [5.41, 5.74) is 0. The average Bonchev–Trinajstić information content (AvgIpc) is 2.70. The molecule has 0 aliphatic carbocycles. The molecule has 1 saturated heterocycles. The average molecular weight is 270 g/mol. The Morgan fingerprint density at radius 3 is 2.63 bits per heavy atom. The smallest absolute Gasteiger partial charge is 0.225 e. The molecule has 5 heteroatoms. The Morgan fingerprint density at radius 1 is 1.42 bits per heavy atom. The summed E-state index contributed by atoms with van der Waals surface area (Å²) in [7, 11) is 0. The van der Waals surface area contributed by atoms with E-state index in [2.05, 4.69) is 5.32 Å². The topological polar surface area (TPSA) is 58.6 Å². The van der Waals surface area contributed by atoms with Gasteiger partial charge in [0, 0.05) is 32.2 Å². The minimum Gasteiger partial charge on any atom is -0.379 e. The first-order chi connectivity index (χ1) is 8.91. The summed E-state index contributed by atoms with van der Waals surface area (Å²) in [5.74, 6) is -0.125. The number of hydrogen-bond acceptors (Lipinski definition) is 3. The lowest BCUT2D eigenvalue weighted by molar-refractivity contribution is -0.129. The maximum Gasteiger partial charge on any atom is 0.225 e. The van der Waals surface area contributed by atoms with Crippen LogP contribution in [0.4, 0.5) is 0 Å². The van der Waals surface area contributed by atoms with E-state index in [4.69, 9.17) is 4.74 Å². The van der Waals surface area contributed by atoms with Crippen molar-refractivity contribution in [1.29, 1.82) is 0 Å². The summed E-state index contributed by atoms with van der Waals surface area (Å²) in [6.45, 7) is 9.73. The minimum atomic E-state index is -0.194. The predicted octanol–water partition coefficient (Wildman–Crippen LogP) is 1.17. The van der Waals surface area contributed by atoms with Crippen LogP contribution >= 0.6 is 0 Å². The van der Waals surface area contributed by atoms with Gasteiger partial charge in [0.25, 0.3) is 0 Å². The Morgan fingerprint density at radius 2 is 2.11 bits per heavy atom. The molecule has 0 saturated carbocycles. The normalized spacial score (nSPS) is 19.6. The highest BCUT2D eigenvalue weighted by atomic mass is 16.5. The number of nitrogens with zero attached hydrogens (tertiary/aromatic N) is 1. The summed E-state index contributed by atoms with van der Waals surface area (Å²) >= 11 is 0. The first-order valence-corrected chi connectivity index (χ1v) is 7.10. The maximum atomic E-state index is 11.9. The molecule has 1 heterocycles. The van der Waals surface area contributed by atoms with E-state index < -0.39 is 0 Å². The number of rotatable bonds is 7. The van der Waals surface area contributed by atoms with Crippen molar-refractivity contribution in [1.82, 2.24) is 10.2 Å². The molecule has 19 heavy (non-hydrogen) atoms. The molecule has 5 nitrogen and oxygen atoms in total. The molecule has 0 bridgehead atoms. The second kappa shape index (κ2) is 7.48.